The number of aldehydes is 1. The Balaban J connectivity index is 2.28. The number of aromatic nitrogens is 1. The van der Waals surface area contributed by atoms with Crippen LogP contribution in [0.3, 0.4) is 0 Å². The Morgan fingerprint density at radius 3 is 2.55 bits per heavy atom. The second-order valence-corrected chi connectivity index (χ2v) is 5.52. The van der Waals surface area contributed by atoms with Crippen molar-refractivity contribution >= 4 is 6.29 Å². The zero-order chi connectivity index (χ0) is 14.3. The van der Waals surface area contributed by atoms with Gasteiger partial charge in [-0.2, -0.15) is 0 Å². The highest BCUT2D eigenvalue weighted by atomic mass is 16.1. The maximum Gasteiger partial charge on any atom is 0.261 e. The van der Waals surface area contributed by atoms with Gasteiger partial charge in [0.1, 0.15) is 0 Å². The third-order valence-electron chi connectivity index (χ3n) is 3.85. The van der Waals surface area contributed by atoms with Crippen molar-refractivity contribution in [3.8, 4) is 11.3 Å². The first-order valence-corrected chi connectivity index (χ1v) is 6.90. The molecule has 0 N–H and O–H groups in total. The van der Waals surface area contributed by atoms with E-state index >= 15 is 0 Å². The summed E-state index contributed by atoms with van der Waals surface area (Å²) in [6, 6.07) is 10.0. The van der Waals surface area contributed by atoms with Crippen LogP contribution in [-0.4, -0.2) is 10.9 Å². The van der Waals surface area contributed by atoms with Gasteiger partial charge in [-0.05, 0) is 50.5 Å². The van der Waals surface area contributed by atoms with Gasteiger partial charge in [0.05, 0.1) is 11.3 Å². The molecule has 0 atom stereocenters. The van der Waals surface area contributed by atoms with Crippen molar-refractivity contribution in [3.63, 3.8) is 0 Å². The molecule has 1 saturated carbocycles. The molecular weight excluding hydrogens is 250 g/mol. The van der Waals surface area contributed by atoms with Gasteiger partial charge in [-0.15, -0.1) is 0 Å². The maximum atomic E-state index is 12.4. The highest BCUT2D eigenvalue weighted by Crippen LogP contribution is 2.37. The minimum atomic E-state index is -0.166. The summed E-state index contributed by atoms with van der Waals surface area (Å²) < 4.78 is 1.80. The number of nitrogens with zero attached hydrogens (tertiary/aromatic N) is 1. The molecule has 0 aliphatic heterocycles. The molecule has 0 spiro atoms. The molecule has 1 aromatic heterocycles. The molecular formula is C17H17NO2. The average Bonchev–Trinajstić information content (AvgIpc) is 3.25. The molecule has 0 unspecified atom stereocenters. The number of carbonyl (C=O) groups excluding carboxylic acids is 1. The SMILES string of the molecule is Cc1ccc(C)c(-c2ccc(C=O)c(=O)n2C2CC2)c1. The van der Waals surface area contributed by atoms with E-state index in [1.54, 1.807) is 10.6 Å². The zero-order valence-electron chi connectivity index (χ0n) is 11.7. The van der Waals surface area contributed by atoms with Crippen molar-refractivity contribution in [2.45, 2.75) is 32.7 Å². The molecule has 102 valence electrons. The average molecular weight is 267 g/mol. The van der Waals surface area contributed by atoms with Crippen LogP contribution in [0.1, 0.15) is 40.4 Å². The second-order valence-electron chi connectivity index (χ2n) is 5.52. The van der Waals surface area contributed by atoms with Crippen LogP contribution in [0.5, 0.6) is 0 Å². The molecule has 3 nitrogen and oxygen atoms in total. The van der Waals surface area contributed by atoms with Crippen LogP contribution < -0.4 is 5.56 Å². The fraction of sp³-hybridized carbons (Fsp3) is 0.294. The Bertz CT molecular complexity index is 739. The highest BCUT2D eigenvalue weighted by Gasteiger charge is 2.28. The Morgan fingerprint density at radius 2 is 1.90 bits per heavy atom. The number of pyridine rings is 1. The van der Waals surface area contributed by atoms with Gasteiger partial charge in [0.15, 0.2) is 6.29 Å². The molecule has 1 fully saturated rings. The third kappa shape index (κ3) is 2.09. The van der Waals surface area contributed by atoms with Gasteiger partial charge in [-0.3, -0.25) is 9.59 Å². The summed E-state index contributed by atoms with van der Waals surface area (Å²) in [5, 5.41) is 0. The first kappa shape index (κ1) is 12.9. The summed E-state index contributed by atoms with van der Waals surface area (Å²) in [4.78, 5) is 23.4. The van der Waals surface area contributed by atoms with Crippen molar-refractivity contribution in [2.24, 2.45) is 0 Å². The van der Waals surface area contributed by atoms with E-state index in [0.29, 0.717) is 6.29 Å². The largest absolute Gasteiger partial charge is 0.305 e. The second kappa shape index (κ2) is 4.75. The minimum Gasteiger partial charge on any atom is -0.305 e. The number of rotatable bonds is 3. The smallest absolute Gasteiger partial charge is 0.261 e. The summed E-state index contributed by atoms with van der Waals surface area (Å²) in [5.74, 6) is 0. The molecule has 0 amide bonds. The summed E-state index contributed by atoms with van der Waals surface area (Å²) in [7, 11) is 0. The molecule has 0 radical (unpaired) electrons. The topological polar surface area (TPSA) is 39.1 Å². The van der Waals surface area contributed by atoms with Crippen LogP contribution in [-0.2, 0) is 0 Å². The molecule has 1 aliphatic carbocycles. The molecule has 20 heavy (non-hydrogen) atoms. The third-order valence-corrected chi connectivity index (χ3v) is 3.85. The van der Waals surface area contributed by atoms with Crippen molar-refractivity contribution < 1.29 is 4.79 Å². The van der Waals surface area contributed by atoms with Crippen LogP contribution in [0.15, 0.2) is 35.1 Å². The van der Waals surface area contributed by atoms with Crippen molar-refractivity contribution in [1.29, 1.82) is 0 Å². The number of carbonyl (C=O) groups is 1. The van der Waals surface area contributed by atoms with Crippen LogP contribution in [0, 0.1) is 13.8 Å². The van der Waals surface area contributed by atoms with E-state index in [0.717, 1.165) is 29.7 Å². The van der Waals surface area contributed by atoms with Crippen LogP contribution in [0.2, 0.25) is 0 Å². The van der Waals surface area contributed by atoms with Crippen LogP contribution in [0.4, 0.5) is 0 Å². The summed E-state index contributed by atoms with van der Waals surface area (Å²) in [6.07, 6.45) is 2.67. The number of hydrogen-bond acceptors (Lipinski definition) is 2. The first-order chi connectivity index (χ1) is 9.61. The Morgan fingerprint density at radius 1 is 1.15 bits per heavy atom. The van der Waals surface area contributed by atoms with Gasteiger partial charge < -0.3 is 4.57 Å². The molecule has 3 heteroatoms. The normalized spacial score (nSPS) is 14.3. The van der Waals surface area contributed by atoms with Crippen LogP contribution >= 0.6 is 0 Å². The molecule has 3 rings (SSSR count). The van der Waals surface area contributed by atoms with E-state index in [9.17, 15) is 9.59 Å². The quantitative estimate of drug-likeness (QED) is 0.800. The van der Waals surface area contributed by atoms with E-state index in [2.05, 4.69) is 18.2 Å². The van der Waals surface area contributed by atoms with E-state index in [-0.39, 0.29) is 17.2 Å². The van der Waals surface area contributed by atoms with Gasteiger partial charge >= 0.3 is 0 Å². The lowest BCUT2D eigenvalue weighted by molar-refractivity contribution is 0.112. The Labute approximate surface area is 117 Å². The number of benzene rings is 1. The molecule has 2 aromatic rings. The Kier molecular flexibility index (Phi) is 3.05. The molecule has 1 heterocycles. The van der Waals surface area contributed by atoms with Crippen molar-refractivity contribution in [1.82, 2.24) is 4.57 Å². The first-order valence-electron chi connectivity index (χ1n) is 6.90. The van der Waals surface area contributed by atoms with E-state index in [1.165, 1.54) is 5.56 Å². The van der Waals surface area contributed by atoms with Gasteiger partial charge in [0.25, 0.3) is 5.56 Å². The monoisotopic (exact) mass is 267 g/mol. The van der Waals surface area contributed by atoms with Gasteiger partial charge in [-0.25, -0.2) is 0 Å². The highest BCUT2D eigenvalue weighted by molar-refractivity contribution is 5.76. The molecule has 0 saturated heterocycles. The van der Waals surface area contributed by atoms with Crippen LogP contribution in [0.25, 0.3) is 11.3 Å². The summed E-state index contributed by atoms with van der Waals surface area (Å²) in [5.41, 5.74) is 4.38. The van der Waals surface area contributed by atoms with E-state index in [4.69, 9.17) is 0 Å². The molecule has 1 aromatic carbocycles. The predicted molar refractivity (Wildman–Crippen MR) is 79.3 cm³/mol. The fourth-order valence-corrected chi connectivity index (χ4v) is 2.59. The lowest BCUT2D eigenvalue weighted by atomic mass is 10.0. The fourth-order valence-electron chi connectivity index (χ4n) is 2.59. The maximum absolute atomic E-state index is 12.4. The summed E-state index contributed by atoms with van der Waals surface area (Å²) >= 11 is 0. The number of aryl methyl sites for hydroxylation is 2. The Hall–Kier alpha value is -2.16. The summed E-state index contributed by atoms with van der Waals surface area (Å²) in [6.45, 7) is 4.09. The van der Waals surface area contributed by atoms with Crippen molar-refractivity contribution in [3.05, 3.63) is 57.4 Å². The van der Waals surface area contributed by atoms with Crippen molar-refractivity contribution in [2.75, 3.05) is 0 Å². The van der Waals surface area contributed by atoms with Gasteiger partial charge in [0.2, 0.25) is 0 Å². The van der Waals surface area contributed by atoms with E-state index in [1.807, 2.05) is 19.9 Å². The minimum absolute atomic E-state index is 0.166. The zero-order valence-corrected chi connectivity index (χ0v) is 11.7. The molecule has 1 aliphatic rings. The lowest BCUT2D eigenvalue weighted by Crippen LogP contribution is -2.24. The lowest BCUT2D eigenvalue weighted by Gasteiger charge is -2.15. The van der Waals surface area contributed by atoms with Gasteiger partial charge in [0, 0.05) is 11.6 Å². The standard InChI is InChI=1S/C17H17NO2/c1-11-3-4-12(2)15(9-11)16-8-5-13(10-19)17(20)18(16)14-6-7-14/h3-5,8-10,14H,6-7H2,1-2H3. The van der Waals surface area contributed by atoms with Gasteiger partial charge in [-0.1, -0.05) is 17.7 Å². The molecule has 0 bridgehead atoms. The van der Waals surface area contributed by atoms with E-state index < -0.39 is 0 Å². The number of hydrogen-bond donors (Lipinski definition) is 0. The predicted octanol–water partition coefficient (Wildman–Crippen LogP) is 3.28.